The molecule has 0 saturated heterocycles. The van der Waals surface area contributed by atoms with Gasteiger partial charge >= 0.3 is 0 Å². The Labute approximate surface area is 156 Å². The summed E-state index contributed by atoms with van der Waals surface area (Å²) in [6.45, 7) is 0.934. The molecule has 1 aliphatic rings. The number of nitro benzene ring substituents is 1. The van der Waals surface area contributed by atoms with Crippen molar-refractivity contribution in [1.82, 2.24) is 0 Å². The minimum absolute atomic E-state index is 0.0116. The highest BCUT2D eigenvalue weighted by Crippen LogP contribution is 2.36. The van der Waals surface area contributed by atoms with Gasteiger partial charge in [0.15, 0.2) is 11.5 Å². The molecule has 0 aliphatic carbocycles. The van der Waals surface area contributed by atoms with E-state index in [1.165, 1.54) is 18.2 Å². The molecule has 130 valence electrons. The highest BCUT2D eigenvalue weighted by molar-refractivity contribution is 9.10. The average Bonchev–Trinajstić information content (AvgIpc) is 2.57. The Morgan fingerprint density at radius 2 is 1.92 bits per heavy atom. The number of nitro groups is 1. The van der Waals surface area contributed by atoms with Crippen LogP contribution in [0.15, 0.2) is 34.8 Å². The van der Waals surface area contributed by atoms with Crippen LogP contribution in [0.2, 0.25) is 5.02 Å². The summed E-state index contributed by atoms with van der Waals surface area (Å²) in [5.74, 6) is 0.879. The molecule has 1 heterocycles. The van der Waals surface area contributed by atoms with Gasteiger partial charge in [-0.2, -0.15) is 0 Å². The number of fused-ring (bicyclic) bond motifs is 1. The number of ether oxygens (including phenoxy) is 2. The maximum atomic E-state index is 12.3. The molecule has 1 aliphatic heterocycles. The van der Waals surface area contributed by atoms with Gasteiger partial charge in [0.2, 0.25) is 5.91 Å². The van der Waals surface area contributed by atoms with Crippen LogP contribution in [-0.4, -0.2) is 24.0 Å². The molecular formula is C16H12BrClN2O5. The second kappa shape index (κ2) is 7.28. The molecule has 0 radical (unpaired) electrons. The lowest BCUT2D eigenvalue weighted by Gasteiger charge is -2.19. The Bertz CT molecular complexity index is 859. The molecule has 0 fully saturated rings. The van der Waals surface area contributed by atoms with E-state index in [1.54, 1.807) is 12.1 Å². The van der Waals surface area contributed by atoms with Gasteiger partial charge in [-0.05, 0) is 29.8 Å². The van der Waals surface area contributed by atoms with E-state index in [0.29, 0.717) is 40.4 Å². The quantitative estimate of drug-likeness (QED) is 0.589. The first kappa shape index (κ1) is 17.5. The Hall–Kier alpha value is -2.32. The van der Waals surface area contributed by atoms with Crippen LogP contribution in [0.25, 0.3) is 0 Å². The lowest BCUT2D eigenvalue weighted by Crippen LogP contribution is -2.17. The molecular weight excluding hydrogens is 416 g/mol. The maximum absolute atomic E-state index is 12.3. The average molecular weight is 428 g/mol. The van der Waals surface area contributed by atoms with Crippen molar-refractivity contribution >= 4 is 44.8 Å². The lowest BCUT2D eigenvalue weighted by molar-refractivity contribution is -0.384. The van der Waals surface area contributed by atoms with E-state index in [4.69, 9.17) is 21.1 Å². The molecule has 25 heavy (non-hydrogen) atoms. The number of anilines is 1. The van der Waals surface area contributed by atoms with Crippen molar-refractivity contribution in [2.24, 2.45) is 0 Å². The van der Waals surface area contributed by atoms with Crippen molar-refractivity contribution in [3.8, 4) is 11.5 Å². The zero-order chi connectivity index (χ0) is 18.0. The molecule has 2 aromatic carbocycles. The van der Waals surface area contributed by atoms with Crippen LogP contribution in [-0.2, 0) is 11.2 Å². The molecule has 0 atom stereocenters. The molecule has 0 spiro atoms. The highest BCUT2D eigenvalue weighted by atomic mass is 79.9. The normalized spacial score (nSPS) is 12.6. The number of nitrogens with one attached hydrogen (secondary N) is 1. The molecule has 9 heteroatoms. The fourth-order valence-corrected chi connectivity index (χ4v) is 3.00. The molecule has 1 N–H and O–H groups in total. The van der Waals surface area contributed by atoms with E-state index < -0.39 is 4.92 Å². The predicted octanol–water partition coefficient (Wildman–Crippen LogP) is 3.96. The van der Waals surface area contributed by atoms with E-state index in [1.807, 2.05) is 0 Å². The fourth-order valence-electron chi connectivity index (χ4n) is 2.35. The summed E-state index contributed by atoms with van der Waals surface area (Å²) in [4.78, 5) is 22.6. The minimum Gasteiger partial charge on any atom is -0.486 e. The van der Waals surface area contributed by atoms with Gasteiger partial charge in [0.1, 0.15) is 18.2 Å². The smallest absolute Gasteiger partial charge is 0.289 e. The van der Waals surface area contributed by atoms with E-state index in [0.717, 1.165) is 0 Å². The van der Waals surface area contributed by atoms with E-state index in [9.17, 15) is 14.9 Å². The van der Waals surface area contributed by atoms with Gasteiger partial charge in [0.25, 0.3) is 5.69 Å². The van der Waals surface area contributed by atoms with Gasteiger partial charge in [-0.15, -0.1) is 0 Å². The van der Waals surface area contributed by atoms with Gasteiger partial charge in [0, 0.05) is 16.2 Å². The van der Waals surface area contributed by atoms with Crippen LogP contribution in [0.1, 0.15) is 5.56 Å². The Morgan fingerprint density at radius 1 is 1.24 bits per heavy atom. The summed E-state index contributed by atoms with van der Waals surface area (Å²) in [6, 6.07) is 7.59. The van der Waals surface area contributed by atoms with Crippen molar-refractivity contribution in [2.45, 2.75) is 6.42 Å². The van der Waals surface area contributed by atoms with Crippen LogP contribution in [0.4, 0.5) is 11.4 Å². The first-order chi connectivity index (χ1) is 11.9. The summed E-state index contributed by atoms with van der Waals surface area (Å²) >= 11 is 9.17. The maximum Gasteiger partial charge on any atom is 0.289 e. The molecule has 2 aromatic rings. The SMILES string of the molecule is O=C(Cc1cc2c(cc1Br)OCCO2)Nc1ccc(Cl)c([N+](=O)[O-])c1. The minimum atomic E-state index is -0.602. The Morgan fingerprint density at radius 3 is 2.60 bits per heavy atom. The number of amides is 1. The number of hydrogen-bond acceptors (Lipinski definition) is 5. The summed E-state index contributed by atoms with van der Waals surface area (Å²) in [6.07, 6.45) is 0.0631. The van der Waals surface area contributed by atoms with Crippen molar-refractivity contribution < 1.29 is 19.2 Å². The zero-order valence-electron chi connectivity index (χ0n) is 12.8. The molecule has 3 rings (SSSR count). The summed E-state index contributed by atoms with van der Waals surface area (Å²) in [5, 5.41) is 13.5. The van der Waals surface area contributed by atoms with Gasteiger partial charge in [-0.3, -0.25) is 14.9 Å². The Kier molecular flexibility index (Phi) is 5.10. The van der Waals surface area contributed by atoms with Gasteiger partial charge in [0.05, 0.1) is 11.3 Å². The van der Waals surface area contributed by atoms with Gasteiger partial charge in [-0.1, -0.05) is 27.5 Å². The number of benzene rings is 2. The van der Waals surface area contributed by atoms with Crippen molar-refractivity contribution in [2.75, 3.05) is 18.5 Å². The topological polar surface area (TPSA) is 90.7 Å². The predicted molar refractivity (Wildman–Crippen MR) is 95.6 cm³/mol. The summed E-state index contributed by atoms with van der Waals surface area (Å²) in [5.41, 5.74) is 0.750. The monoisotopic (exact) mass is 426 g/mol. The van der Waals surface area contributed by atoms with Crippen molar-refractivity contribution in [3.05, 3.63) is 55.5 Å². The number of carbonyl (C=O) groups excluding carboxylic acids is 1. The summed E-state index contributed by atoms with van der Waals surface area (Å²) < 4.78 is 11.7. The first-order valence-corrected chi connectivity index (χ1v) is 8.43. The molecule has 7 nitrogen and oxygen atoms in total. The van der Waals surface area contributed by atoms with E-state index >= 15 is 0 Å². The molecule has 0 bridgehead atoms. The van der Waals surface area contributed by atoms with Crippen LogP contribution in [0, 0.1) is 10.1 Å². The Balaban J connectivity index is 1.75. The van der Waals surface area contributed by atoms with Crippen molar-refractivity contribution in [1.29, 1.82) is 0 Å². The number of nitrogens with zero attached hydrogens (tertiary/aromatic N) is 1. The van der Waals surface area contributed by atoms with Gasteiger partial charge in [-0.25, -0.2) is 0 Å². The summed E-state index contributed by atoms with van der Waals surface area (Å²) in [7, 11) is 0. The van der Waals surface area contributed by atoms with Crippen LogP contribution in [0.3, 0.4) is 0 Å². The molecule has 0 saturated carbocycles. The molecule has 0 aromatic heterocycles. The second-order valence-corrected chi connectivity index (χ2v) is 6.50. The van der Waals surface area contributed by atoms with Gasteiger partial charge < -0.3 is 14.8 Å². The van der Waals surface area contributed by atoms with Crippen LogP contribution in [0.5, 0.6) is 11.5 Å². The highest BCUT2D eigenvalue weighted by Gasteiger charge is 2.18. The van der Waals surface area contributed by atoms with E-state index in [2.05, 4.69) is 21.2 Å². The lowest BCUT2D eigenvalue weighted by atomic mass is 10.1. The van der Waals surface area contributed by atoms with Crippen LogP contribution < -0.4 is 14.8 Å². The third kappa shape index (κ3) is 4.02. The third-order valence-electron chi connectivity index (χ3n) is 3.49. The number of carbonyl (C=O) groups is 1. The standard InChI is InChI=1S/C16H12BrClN2O5/c17-11-8-15-14(24-3-4-25-15)5-9(11)6-16(21)19-10-1-2-12(18)13(7-10)20(22)23/h1-2,5,7-8H,3-4,6H2,(H,19,21). The van der Waals surface area contributed by atoms with Crippen molar-refractivity contribution in [3.63, 3.8) is 0 Å². The molecule has 0 unspecified atom stereocenters. The van der Waals surface area contributed by atoms with Crippen LogP contribution >= 0.6 is 27.5 Å². The third-order valence-corrected chi connectivity index (χ3v) is 4.55. The fraction of sp³-hybridized carbons (Fsp3) is 0.188. The largest absolute Gasteiger partial charge is 0.486 e. The zero-order valence-corrected chi connectivity index (χ0v) is 15.1. The first-order valence-electron chi connectivity index (χ1n) is 7.26. The molecule has 1 amide bonds. The number of hydrogen-bond donors (Lipinski definition) is 1. The number of halogens is 2. The van der Waals surface area contributed by atoms with E-state index in [-0.39, 0.29) is 23.0 Å². The second-order valence-electron chi connectivity index (χ2n) is 5.24. The number of rotatable bonds is 4.